The van der Waals surface area contributed by atoms with Crippen LogP contribution in [0.2, 0.25) is 0 Å². The summed E-state index contributed by atoms with van der Waals surface area (Å²) in [5, 5.41) is 1.75. The van der Waals surface area contributed by atoms with E-state index in [0.29, 0.717) is 5.75 Å². The summed E-state index contributed by atoms with van der Waals surface area (Å²) in [6.45, 7) is 1.58. The minimum atomic E-state index is -1.36. The molecule has 2 atom stereocenters. The number of benzene rings is 2. The fourth-order valence-electron chi connectivity index (χ4n) is 1.78. The van der Waals surface area contributed by atoms with Crippen LogP contribution in [0.25, 0.3) is 0 Å². The molecule has 110 valence electrons. The van der Waals surface area contributed by atoms with E-state index < -0.39 is 27.8 Å². The average molecular weight is 305 g/mol. The van der Waals surface area contributed by atoms with Crippen molar-refractivity contribution in [2.24, 2.45) is 0 Å². The third kappa shape index (κ3) is 4.23. The zero-order valence-electron chi connectivity index (χ0n) is 11.6. The Balaban J connectivity index is 1.99. The van der Waals surface area contributed by atoms with Gasteiger partial charge in [-0.2, -0.15) is 0 Å². The molecule has 0 saturated heterocycles. The van der Waals surface area contributed by atoms with Gasteiger partial charge in [0.1, 0.15) is 11.1 Å². The van der Waals surface area contributed by atoms with E-state index in [1.54, 1.807) is 19.1 Å². The lowest BCUT2D eigenvalue weighted by atomic mass is 10.2. The summed E-state index contributed by atoms with van der Waals surface area (Å²) in [4.78, 5) is 12.0. The van der Waals surface area contributed by atoms with Gasteiger partial charge >= 0.3 is 0 Å². The highest BCUT2D eigenvalue weighted by molar-refractivity contribution is 7.85. The highest BCUT2D eigenvalue weighted by Crippen LogP contribution is 2.14. The molecule has 0 fully saturated rings. The lowest BCUT2D eigenvalue weighted by Crippen LogP contribution is -2.30. The Morgan fingerprint density at radius 3 is 2.43 bits per heavy atom. The highest BCUT2D eigenvalue weighted by atomic mass is 32.2. The Hall–Kier alpha value is -2.01. The number of carbonyl (C=O) groups excluding carboxylic acids is 1. The summed E-state index contributed by atoms with van der Waals surface area (Å²) in [6, 6.07) is 15.2. The van der Waals surface area contributed by atoms with Crippen molar-refractivity contribution >= 4 is 22.4 Å². The summed E-state index contributed by atoms with van der Waals surface area (Å²) < 4.78 is 25.7. The van der Waals surface area contributed by atoms with Gasteiger partial charge in [-0.15, -0.1) is 0 Å². The molecular weight excluding hydrogens is 289 g/mol. The van der Waals surface area contributed by atoms with Gasteiger partial charge in [0.15, 0.2) is 0 Å². The molecule has 0 saturated carbocycles. The van der Waals surface area contributed by atoms with Crippen molar-refractivity contribution in [3.8, 4) is 0 Å². The first-order valence-corrected chi connectivity index (χ1v) is 7.92. The summed E-state index contributed by atoms with van der Waals surface area (Å²) >= 11 is 0. The molecule has 0 radical (unpaired) electrons. The maximum atomic E-state index is 13.5. The number of hydrogen-bond donors (Lipinski definition) is 1. The Morgan fingerprint density at radius 2 is 1.76 bits per heavy atom. The van der Waals surface area contributed by atoms with Gasteiger partial charge in [0, 0.05) is 16.6 Å². The lowest BCUT2D eigenvalue weighted by molar-refractivity contribution is -0.115. The van der Waals surface area contributed by atoms with Gasteiger partial charge in [-0.3, -0.25) is 9.00 Å². The Morgan fingerprint density at radius 1 is 1.14 bits per heavy atom. The molecule has 3 nitrogen and oxygen atoms in total. The van der Waals surface area contributed by atoms with Gasteiger partial charge in [0.25, 0.3) is 0 Å². The molecule has 0 bridgehead atoms. The standard InChI is InChI=1S/C16H16FNO2S/c1-12(21(20)11-13-7-3-2-4-8-13)16(19)18-15-10-6-5-9-14(15)17/h2-10,12H,11H2,1H3,(H,18,19)/t12-,21+/m0/s1. The van der Waals surface area contributed by atoms with E-state index >= 15 is 0 Å². The van der Waals surface area contributed by atoms with E-state index in [9.17, 15) is 13.4 Å². The molecular formula is C16H16FNO2S. The van der Waals surface area contributed by atoms with E-state index in [4.69, 9.17) is 0 Å². The minimum absolute atomic E-state index is 0.103. The molecule has 0 unspecified atom stereocenters. The van der Waals surface area contributed by atoms with Crippen LogP contribution in [0.5, 0.6) is 0 Å². The second kappa shape index (κ2) is 7.13. The van der Waals surface area contributed by atoms with Crippen molar-refractivity contribution in [1.29, 1.82) is 0 Å². The predicted octanol–water partition coefficient (Wildman–Crippen LogP) is 3.10. The Labute approximate surface area is 125 Å². The number of rotatable bonds is 5. The molecule has 2 aromatic rings. The number of nitrogens with one attached hydrogen (secondary N) is 1. The molecule has 5 heteroatoms. The zero-order valence-corrected chi connectivity index (χ0v) is 12.4. The maximum absolute atomic E-state index is 13.5. The number of anilines is 1. The molecule has 0 aliphatic rings. The van der Waals surface area contributed by atoms with Crippen LogP contribution in [-0.2, 0) is 21.3 Å². The molecule has 1 amide bonds. The molecule has 0 heterocycles. The normalized spacial score (nSPS) is 13.4. The zero-order chi connectivity index (χ0) is 15.2. The number of halogens is 1. The SMILES string of the molecule is C[C@@H](C(=O)Nc1ccccc1F)[S@](=O)Cc1ccccc1. The first-order valence-electron chi connectivity index (χ1n) is 6.54. The van der Waals surface area contributed by atoms with Crippen molar-refractivity contribution in [2.75, 3.05) is 5.32 Å². The topological polar surface area (TPSA) is 46.2 Å². The van der Waals surface area contributed by atoms with Gasteiger partial charge in [-0.05, 0) is 24.6 Å². The van der Waals surface area contributed by atoms with Gasteiger partial charge < -0.3 is 5.32 Å². The summed E-state index contributed by atoms with van der Waals surface area (Å²) in [5.41, 5.74) is 1.01. The molecule has 21 heavy (non-hydrogen) atoms. The van der Waals surface area contributed by atoms with E-state index in [1.807, 2.05) is 30.3 Å². The molecule has 0 aliphatic heterocycles. The van der Waals surface area contributed by atoms with Crippen LogP contribution in [0.15, 0.2) is 54.6 Å². The highest BCUT2D eigenvalue weighted by Gasteiger charge is 2.21. The summed E-state index contributed by atoms with van der Waals surface area (Å²) in [7, 11) is -1.36. The van der Waals surface area contributed by atoms with Crippen LogP contribution in [0.3, 0.4) is 0 Å². The van der Waals surface area contributed by atoms with Crippen LogP contribution < -0.4 is 5.32 Å². The summed E-state index contributed by atoms with van der Waals surface area (Å²) in [5.74, 6) is -0.659. The average Bonchev–Trinajstić information content (AvgIpc) is 2.49. The largest absolute Gasteiger partial charge is 0.323 e. The number of carbonyl (C=O) groups is 1. The maximum Gasteiger partial charge on any atom is 0.239 e. The van der Waals surface area contributed by atoms with Crippen molar-refractivity contribution in [2.45, 2.75) is 17.9 Å². The Bertz CT molecular complexity index is 646. The van der Waals surface area contributed by atoms with Gasteiger partial charge in [-0.25, -0.2) is 4.39 Å². The molecule has 0 spiro atoms. The van der Waals surface area contributed by atoms with E-state index in [1.165, 1.54) is 12.1 Å². The van der Waals surface area contributed by atoms with Crippen LogP contribution in [-0.4, -0.2) is 15.4 Å². The second-order valence-corrected chi connectivity index (χ2v) is 6.38. The molecule has 2 aromatic carbocycles. The first kappa shape index (κ1) is 15.4. The van der Waals surface area contributed by atoms with E-state index in [0.717, 1.165) is 5.56 Å². The van der Waals surface area contributed by atoms with Crippen molar-refractivity contribution in [3.63, 3.8) is 0 Å². The van der Waals surface area contributed by atoms with E-state index in [2.05, 4.69) is 5.32 Å². The van der Waals surface area contributed by atoms with Crippen LogP contribution in [0, 0.1) is 5.82 Å². The van der Waals surface area contributed by atoms with Gasteiger partial charge in [0.05, 0.1) is 5.69 Å². The number of amides is 1. The van der Waals surface area contributed by atoms with Crippen molar-refractivity contribution in [1.82, 2.24) is 0 Å². The van der Waals surface area contributed by atoms with E-state index in [-0.39, 0.29) is 5.69 Å². The second-order valence-electron chi connectivity index (χ2n) is 4.62. The van der Waals surface area contributed by atoms with Crippen LogP contribution >= 0.6 is 0 Å². The minimum Gasteiger partial charge on any atom is -0.323 e. The van der Waals surface area contributed by atoms with Crippen molar-refractivity contribution in [3.05, 3.63) is 66.0 Å². The first-order chi connectivity index (χ1) is 10.1. The lowest BCUT2D eigenvalue weighted by Gasteiger charge is -2.12. The van der Waals surface area contributed by atoms with Crippen LogP contribution in [0.4, 0.5) is 10.1 Å². The quantitative estimate of drug-likeness (QED) is 0.922. The molecule has 1 N–H and O–H groups in total. The molecule has 2 rings (SSSR count). The Kier molecular flexibility index (Phi) is 5.22. The molecule has 0 aromatic heterocycles. The fourth-order valence-corrected chi connectivity index (χ4v) is 2.85. The third-order valence-corrected chi connectivity index (χ3v) is 4.67. The number of para-hydroxylation sites is 1. The van der Waals surface area contributed by atoms with Crippen molar-refractivity contribution < 1.29 is 13.4 Å². The van der Waals surface area contributed by atoms with Crippen LogP contribution in [0.1, 0.15) is 12.5 Å². The smallest absolute Gasteiger partial charge is 0.239 e. The monoisotopic (exact) mass is 305 g/mol. The fraction of sp³-hybridized carbons (Fsp3) is 0.188. The number of hydrogen-bond acceptors (Lipinski definition) is 2. The summed E-state index contributed by atoms with van der Waals surface area (Å²) in [6.07, 6.45) is 0. The predicted molar refractivity (Wildman–Crippen MR) is 82.8 cm³/mol. The van der Waals surface area contributed by atoms with Gasteiger partial charge in [-0.1, -0.05) is 42.5 Å². The van der Waals surface area contributed by atoms with Gasteiger partial charge in [0.2, 0.25) is 5.91 Å². The molecule has 0 aliphatic carbocycles. The third-order valence-electron chi connectivity index (χ3n) is 3.05.